The van der Waals surface area contributed by atoms with Gasteiger partial charge in [0.1, 0.15) is 5.82 Å². The van der Waals surface area contributed by atoms with Gasteiger partial charge in [0.05, 0.1) is 12.1 Å². The average Bonchev–Trinajstić information content (AvgIpc) is 2.66. The van der Waals surface area contributed by atoms with Crippen LogP contribution in [0.15, 0.2) is 17.1 Å². The lowest BCUT2D eigenvalue weighted by Gasteiger charge is -2.23. The third kappa shape index (κ3) is 2.46. The van der Waals surface area contributed by atoms with Crippen molar-refractivity contribution in [1.82, 2.24) is 14.6 Å². The van der Waals surface area contributed by atoms with Gasteiger partial charge in [-0.1, -0.05) is 6.92 Å². The molecule has 0 aliphatic carbocycles. The summed E-state index contributed by atoms with van der Waals surface area (Å²) in [5, 5.41) is 10.3. The normalized spacial score (nSPS) is 31.0. The first-order valence-corrected chi connectivity index (χ1v) is 6.01. The number of likely N-dealkylation sites (N-methyl/N-ethyl adjacent to an activating group) is 1. The lowest BCUT2D eigenvalue weighted by Crippen LogP contribution is -2.42. The van der Waals surface area contributed by atoms with Gasteiger partial charge in [0, 0.05) is 13.2 Å². The number of hydrogen-bond acceptors (Lipinski definition) is 6. The SMILES string of the molecule is CCC1OC(n2ccc(N)nc2=O)[C@@H](F)C1N(C)O. The quantitative estimate of drug-likeness (QED) is 0.761. The van der Waals surface area contributed by atoms with Crippen molar-refractivity contribution in [2.75, 3.05) is 12.8 Å². The molecule has 7 nitrogen and oxygen atoms in total. The van der Waals surface area contributed by atoms with Gasteiger partial charge in [0.2, 0.25) is 0 Å². The third-order valence-corrected chi connectivity index (χ3v) is 3.25. The second-order valence-electron chi connectivity index (χ2n) is 4.52. The van der Waals surface area contributed by atoms with Crippen LogP contribution in [0.4, 0.5) is 10.2 Å². The van der Waals surface area contributed by atoms with Gasteiger partial charge in [0.25, 0.3) is 0 Å². The molecule has 19 heavy (non-hydrogen) atoms. The Hall–Kier alpha value is -1.51. The van der Waals surface area contributed by atoms with Crippen LogP contribution in [0.3, 0.4) is 0 Å². The molecule has 1 aromatic heterocycles. The fourth-order valence-corrected chi connectivity index (χ4v) is 2.33. The van der Waals surface area contributed by atoms with Crippen LogP contribution in [0, 0.1) is 0 Å². The van der Waals surface area contributed by atoms with Gasteiger partial charge in [-0.05, 0) is 12.5 Å². The summed E-state index contributed by atoms with van der Waals surface area (Å²) in [6, 6.07) is 0.577. The second-order valence-corrected chi connectivity index (χ2v) is 4.52. The number of hydroxylamine groups is 2. The maximum Gasteiger partial charge on any atom is 0.351 e. The number of ether oxygens (including phenoxy) is 1. The lowest BCUT2D eigenvalue weighted by molar-refractivity contribution is -0.129. The first kappa shape index (κ1) is 13.9. The number of hydrogen-bond donors (Lipinski definition) is 2. The summed E-state index contributed by atoms with van der Waals surface area (Å²) in [5.74, 6) is 0.0672. The molecule has 2 heterocycles. The molecular weight excluding hydrogens is 255 g/mol. The van der Waals surface area contributed by atoms with Crippen molar-refractivity contribution in [2.45, 2.75) is 37.9 Å². The number of anilines is 1. The van der Waals surface area contributed by atoms with Crippen LogP contribution in [0.1, 0.15) is 19.6 Å². The zero-order valence-electron chi connectivity index (χ0n) is 10.7. The molecule has 3 unspecified atom stereocenters. The molecule has 106 valence electrons. The van der Waals surface area contributed by atoms with Gasteiger partial charge in [-0.25, -0.2) is 9.18 Å². The monoisotopic (exact) mass is 272 g/mol. The molecule has 1 aromatic rings. The van der Waals surface area contributed by atoms with E-state index in [9.17, 15) is 14.4 Å². The summed E-state index contributed by atoms with van der Waals surface area (Å²) in [4.78, 5) is 15.2. The van der Waals surface area contributed by atoms with Crippen LogP contribution in [0.2, 0.25) is 0 Å². The molecule has 0 aromatic carbocycles. The number of nitrogens with two attached hydrogens (primary N) is 1. The minimum Gasteiger partial charge on any atom is -0.383 e. The summed E-state index contributed by atoms with van der Waals surface area (Å²) in [5.41, 5.74) is 4.71. The van der Waals surface area contributed by atoms with E-state index in [-0.39, 0.29) is 5.82 Å². The number of halogens is 1. The molecule has 1 fully saturated rings. The van der Waals surface area contributed by atoms with Crippen LogP contribution in [0.25, 0.3) is 0 Å². The highest BCUT2D eigenvalue weighted by Crippen LogP contribution is 2.34. The van der Waals surface area contributed by atoms with E-state index in [1.807, 2.05) is 6.92 Å². The molecule has 0 spiro atoms. The Labute approximate surface area is 109 Å². The van der Waals surface area contributed by atoms with Crippen molar-refractivity contribution in [3.63, 3.8) is 0 Å². The Kier molecular flexibility index (Phi) is 3.83. The first-order chi connectivity index (χ1) is 8.95. The van der Waals surface area contributed by atoms with E-state index in [1.165, 1.54) is 19.3 Å². The van der Waals surface area contributed by atoms with E-state index < -0.39 is 30.2 Å². The van der Waals surface area contributed by atoms with Crippen molar-refractivity contribution in [3.05, 3.63) is 22.7 Å². The van der Waals surface area contributed by atoms with Crippen LogP contribution in [-0.2, 0) is 4.74 Å². The smallest absolute Gasteiger partial charge is 0.351 e. The Morgan fingerprint density at radius 3 is 2.84 bits per heavy atom. The Morgan fingerprint density at radius 1 is 1.68 bits per heavy atom. The Morgan fingerprint density at radius 2 is 2.37 bits per heavy atom. The molecule has 8 heteroatoms. The second kappa shape index (κ2) is 5.24. The summed E-state index contributed by atoms with van der Waals surface area (Å²) in [6.45, 7) is 1.82. The molecule has 0 saturated carbocycles. The van der Waals surface area contributed by atoms with Crippen molar-refractivity contribution in [2.24, 2.45) is 0 Å². The minimum atomic E-state index is -1.54. The number of aromatic nitrogens is 2. The number of nitrogens with zero attached hydrogens (tertiary/aromatic N) is 3. The first-order valence-electron chi connectivity index (χ1n) is 6.01. The van der Waals surface area contributed by atoms with Gasteiger partial charge in [-0.3, -0.25) is 4.57 Å². The van der Waals surface area contributed by atoms with Crippen LogP contribution >= 0.6 is 0 Å². The van der Waals surface area contributed by atoms with Crippen molar-refractivity contribution in [1.29, 1.82) is 0 Å². The van der Waals surface area contributed by atoms with E-state index in [1.54, 1.807) is 0 Å². The summed E-state index contributed by atoms with van der Waals surface area (Å²) in [7, 11) is 1.36. The predicted molar refractivity (Wildman–Crippen MR) is 65.3 cm³/mol. The molecule has 0 radical (unpaired) electrons. The van der Waals surface area contributed by atoms with E-state index in [0.29, 0.717) is 6.42 Å². The summed E-state index contributed by atoms with van der Waals surface area (Å²) >= 11 is 0. The van der Waals surface area contributed by atoms with E-state index in [2.05, 4.69) is 4.98 Å². The largest absolute Gasteiger partial charge is 0.383 e. The fraction of sp³-hybridized carbons (Fsp3) is 0.636. The zero-order valence-corrected chi connectivity index (χ0v) is 10.7. The average molecular weight is 272 g/mol. The molecule has 1 aliphatic heterocycles. The molecule has 1 saturated heterocycles. The van der Waals surface area contributed by atoms with Crippen LogP contribution in [-0.4, -0.2) is 45.2 Å². The molecule has 2 rings (SSSR count). The van der Waals surface area contributed by atoms with Gasteiger partial charge in [-0.2, -0.15) is 10.0 Å². The summed E-state index contributed by atoms with van der Waals surface area (Å²) < 4.78 is 20.9. The van der Waals surface area contributed by atoms with E-state index in [4.69, 9.17) is 10.5 Å². The Balaban J connectivity index is 2.34. The number of rotatable bonds is 3. The van der Waals surface area contributed by atoms with Crippen LogP contribution < -0.4 is 11.4 Å². The highest BCUT2D eigenvalue weighted by molar-refractivity contribution is 5.23. The zero-order chi connectivity index (χ0) is 14.2. The molecule has 0 amide bonds. The number of alkyl halides is 1. The van der Waals surface area contributed by atoms with Gasteiger partial charge in [-0.15, -0.1) is 0 Å². The van der Waals surface area contributed by atoms with Gasteiger partial charge in [0.15, 0.2) is 12.4 Å². The number of nitrogen functional groups attached to an aromatic ring is 1. The van der Waals surface area contributed by atoms with Crippen LogP contribution in [0.5, 0.6) is 0 Å². The van der Waals surface area contributed by atoms with E-state index in [0.717, 1.165) is 9.63 Å². The molecular formula is C11H17FN4O3. The van der Waals surface area contributed by atoms with Crippen molar-refractivity contribution in [3.8, 4) is 0 Å². The highest BCUT2D eigenvalue weighted by atomic mass is 19.1. The molecule has 1 aliphatic rings. The Bertz CT molecular complexity index is 507. The van der Waals surface area contributed by atoms with Crippen molar-refractivity contribution < 1.29 is 14.3 Å². The fourth-order valence-electron chi connectivity index (χ4n) is 2.33. The summed E-state index contributed by atoms with van der Waals surface area (Å²) in [6.07, 6.45) is -1.29. The van der Waals surface area contributed by atoms with E-state index >= 15 is 0 Å². The lowest BCUT2D eigenvalue weighted by atomic mass is 10.1. The standard InChI is InChI=1S/C11H17FN4O3/c1-3-6-9(15(2)18)8(12)10(19-6)16-5-4-7(13)14-11(16)17/h4-6,8-10,18H,3H2,1-2H3,(H2,13,14,17)/t6?,8-,9?,10?/m0/s1. The minimum absolute atomic E-state index is 0.0672. The maximum absolute atomic E-state index is 14.4. The maximum atomic E-state index is 14.4. The van der Waals surface area contributed by atoms with Gasteiger partial charge < -0.3 is 15.7 Å². The molecule has 4 atom stereocenters. The highest BCUT2D eigenvalue weighted by Gasteiger charge is 2.47. The topological polar surface area (TPSA) is 93.6 Å². The third-order valence-electron chi connectivity index (χ3n) is 3.25. The predicted octanol–water partition coefficient (Wildman–Crippen LogP) is 0.161. The van der Waals surface area contributed by atoms with Crippen molar-refractivity contribution >= 4 is 5.82 Å². The van der Waals surface area contributed by atoms with Gasteiger partial charge >= 0.3 is 5.69 Å². The molecule has 3 N–H and O–H groups in total. The molecule has 0 bridgehead atoms.